The maximum Gasteiger partial charge on any atom is 0.229 e. The van der Waals surface area contributed by atoms with Crippen LogP contribution in [0.15, 0.2) is 72.2 Å². The van der Waals surface area contributed by atoms with E-state index in [4.69, 9.17) is 4.74 Å². The molecule has 2 aliphatic carbocycles. The fourth-order valence-corrected chi connectivity index (χ4v) is 2.85. The molecule has 0 radical (unpaired) electrons. The quantitative estimate of drug-likeness (QED) is 0.846. The molecule has 5 heteroatoms. The smallest absolute Gasteiger partial charge is 0.229 e. The highest BCUT2D eigenvalue weighted by atomic mass is 16.5. The number of ether oxygens (including phenoxy) is 1. The van der Waals surface area contributed by atoms with Crippen molar-refractivity contribution < 1.29 is 23.9 Å². The third-order valence-corrected chi connectivity index (χ3v) is 4.07. The minimum Gasteiger partial charge on any atom is -0.449 e. The standard InChI is InChI=1S/C20H10O5/c21-15-9-17(19(23)13-7-3-1-5-11(13)15)25-18-10-16(22)12-6-2-4-8-14(12)20(18)24/h1-10H. The Hall–Kier alpha value is -3.60. The van der Waals surface area contributed by atoms with Crippen molar-refractivity contribution in [1.29, 1.82) is 0 Å². The van der Waals surface area contributed by atoms with Gasteiger partial charge in [0, 0.05) is 34.4 Å². The minimum atomic E-state index is -0.504. The third kappa shape index (κ3) is 2.33. The van der Waals surface area contributed by atoms with Gasteiger partial charge in [-0.05, 0) is 0 Å². The van der Waals surface area contributed by atoms with Crippen molar-refractivity contribution in [3.63, 3.8) is 0 Å². The summed E-state index contributed by atoms with van der Waals surface area (Å²) in [5.74, 6) is -2.32. The number of fused-ring (bicyclic) bond motifs is 2. The zero-order chi connectivity index (χ0) is 17.6. The summed E-state index contributed by atoms with van der Waals surface area (Å²) in [5, 5.41) is 0. The molecule has 0 aromatic heterocycles. The van der Waals surface area contributed by atoms with E-state index in [1.807, 2.05) is 0 Å². The summed E-state index contributed by atoms with van der Waals surface area (Å²) >= 11 is 0. The summed E-state index contributed by atoms with van der Waals surface area (Å²) in [7, 11) is 0. The van der Waals surface area contributed by atoms with E-state index in [0.717, 1.165) is 12.2 Å². The second kappa shape index (κ2) is 5.49. The molecule has 2 aromatic rings. The van der Waals surface area contributed by atoms with Crippen LogP contribution in [0.2, 0.25) is 0 Å². The fraction of sp³-hybridized carbons (Fsp3) is 0. The Morgan fingerprint density at radius 1 is 0.520 bits per heavy atom. The van der Waals surface area contributed by atoms with E-state index in [2.05, 4.69) is 0 Å². The van der Waals surface area contributed by atoms with Crippen LogP contribution in [0.5, 0.6) is 0 Å². The Balaban J connectivity index is 1.70. The van der Waals surface area contributed by atoms with Crippen LogP contribution in [0.4, 0.5) is 0 Å². The van der Waals surface area contributed by atoms with Gasteiger partial charge in [0.05, 0.1) is 0 Å². The van der Waals surface area contributed by atoms with Crippen LogP contribution < -0.4 is 0 Å². The molecule has 0 amide bonds. The summed E-state index contributed by atoms with van der Waals surface area (Å²) in [6, 6.07) is 12.7. The zero-order valence-corrected chi connectivity index (χ0v) is 12.8. The molecule has 120 valence electrons. The van der Waals surface area contributed by atoms with Crippen LogP contribution in [-0.2, 0) is 4.74 Å². The lowest BCUT2D eigenvalue weighted by atomic mass is 9.92. The number of ketones is 4. The Labute approximate surface area is 142 Å². The van der Waals surface area contributed by atoms with Crippen molar-refractivity contribution in [3.05, 3.63) is 94.5 Å². The molecule has 0 fully saturated rings. The van der Waals surface area contributed by atoms with Crippen LogP contribution in [0.1, 0.15) is 41.4 Å². The molecule has 0 saturated carbocycles. The molecule has 4 rings (SSSR count). The van der Waals surface area contributed by atoms with Crippen LogP contribution in [0.25, 0.3) is 0 Å². The maximum absolute atomic E-state index is 12.5. The van der Waals surface area contributed by atoms with Crippen molar-refractivity contribution in [3.8, 4) is 0 Å². The average molecular weight is 330 g/mol. The van der Waals surface area contributed by atoms with Gasteiger partial charge in [-0.1, -0.05) is 48.5 Å². The van der Waals surface area contributed by atoms with Crippen LogP contribution in [-0.4, -0.2) is 23.1 Å². The predicted molar refractivity (Wildman–Crippen MR) is 87.5 cm³/mol. The van der Waals surface area contributed by atoms with Crippen molar-refractivity contribution >= 4 is 23.1 Å². The molecule has 0 bridgehead atoms. The molecule has 0 N–H and O–H groups in total. The summed E-state index contributed by atoms with van der Waals surface area (Å²) < 4.78 is 5.39. The van der Waals surface area contributed by atoms with E-state index in [1.165, 1.54) is 12.1 Å². The van der Waals surface area contributed by atoms with Gasteiger partial charge in [0.1, 0.15) is 0 Å². The molecule has 0 spiro atoms. The molecule has 0 atom stereocenters. The predicted octanol–water partition coefficient (Wildman–Crippen LogP) is 2.93. The molecule has 2 aromatic carbocycles. The summed E-state index contributed by atoms with van der Waals surface area (Å²) in [6.45, 7) is 0. The van der Waals surface area contributed by atoms with E-state index in [0.29, 0.717) is 0 Å². The van der Waals surface area contributed by atoms with Gasteiger partial charge in [-0.15, -0.1) is 0 Å². The van der Waals surface area contributed by atoms with Crippen molar-refractivity contribution in [2.75, 3.05) is 0 Å². The molecule has 0 aliphatic heterocycles. The average Bonchev–Trinajstić information content (AvgIpc) is 2.64. The zero-order valence-electron chi connectivity index (χ0n) is 12.8. The number of Topliss-reactive ketones (excluding diaryl/α,β-unsaturated/α-hetero) is 2. The SMILES string of the molecule is O=C1C=C(OC2=CC(=O)c3ccccc3C2=O)C(=O)c2ccccc21. The van der Waals surface area contributed by atoms with Crippen molar-refractivity contribution in [2.45, 2.75) is 0 Å². The highest BCUT2D eigenvalue weighted by Gasteiger charge is 2.31. The summed E-state index contributed by atoms with van der Waals surface area (Å²) in [6.07, 6.45) is 2.09. The van der Waals surface area contributed by atoms with Gasteiger partial charge < -0.3 is 4.74 Å². The van der Waals surface area contributed by atoms with Crippen molar-refractivity contribution in [2.24, 2.45) is 0 Å². The molecule has 25 heavy (non-hydrogen) atoms. The van der Waals surface area contributed by atoms with Crippen molar-refractivity contribution in [1.82, 2.24) is 0 Å². The van der Waals surface area contributed by atoms with Crippen LogP contribution in [0.3, 0.4) is 0 Å². The number of allylic oxidation sites excluding steroid dienone is 4. The second-order valence-corrected chi connectivity index (χ2v) is 5.60. The first kappa shape index (κ1) is 15.0. The molecule has 5 nitrogen and oxygen atoms in total. The first-order chi connectivity index (χ1) is 12.1. The second-order valence-electron chi connectivity index (χ2n) is 5.60. The highest BCUT2D eigenvalue weighted by molar-refractivity contribution is 6.26. The Morgan fingerprint density at radius 3 is 1.28 bits per heavy atom. The molecular formula is C20H10O5. The van der Waals surface area contributed by atoms with Crippen LogP contribution in [0, 0.1) is 0 Å². The van der Waals surface area contributed by atoms with Crippen LogP contribution >= 0.6 is 0 Å². The van der Waals surface area contributed by atoms with Gasteiger partial charge in [0.2, 0.25) is 11.6 Å². The van der Waals surface area contributed by atoms with Gasteiger partial charge in [0.25, 0.3) is 0 Å². The normalized spacial score (nSPS) is 16.0. The topological polar surface area (TPSA) is 77.5 Å². The first-order valence-corrected chi connectivity index (χ1v) is 7.53. The summed E-state index contributed by atoms with van der Waals surface area (Å²) in [4.78, 5) is 49.3. The number of benzene rings is 2. The third-order valence-electron chi connectivity index (χ3n) is 4.07. The maximum atomic E-state index is 12.5. The minimum absolute atomic E-state index is 0.209. The molecule has 0 unspecified atom stereocenters. The number of carbonyl (C=O) groups is 4. The lowest BCUT2D eigenvalue weighted by Gasteiger charge is -2.19. The number of rotatable bonds is 2. The van der Waals surface area contributed by atoms with Gasteiger partial charge in [-0.25, -0.2) is 0 Å². The largest absolute Gasteiger partial charge is 0.449 e. The first-order valence-electron chi connectivity index (χ1n) is 7.53. The number of hydrogen-bond donors (Lipinski definition) is 0. The van der Waals surface area contributed by atoms with E-state index in [1.54, 1.807) is 36.4 Å². The van der Waals surface area contributed by atoms with Gasteiger partial charge in [-0.3, -0.25) is 19.2 Å². The Bertz CT molecular complexity index is 956. The lowest BCUT2D eigenvalue weighted by Crippen LogP contribution is -2.23. The molecule has 2 aliphatic rings. The Morgan fingerprint density at radius 2 is 0.880 bits per heavy atom. The van der Waals surface area contributed by atoms with E-state index in [9.17, 15) is 19.2 Å². The highest BCUT2D eigenvalue weighted by Crippen LogP contribution is 2.27. The molecule has 0 heterocycles. The van der Waals surface area contributed by atoms with Gasteiger partial charge in [-0.2, -0.15) is 0 Å². The summed E-state index contributed by atoms with van der Waals surface area (Å²) in [5.41, 5.74) is 0.983. The number of carbonyl (C=O) groups excluding carboxylic acids is 4. The van der Waals surface area contributed by atoms with E-state index in [-0.39, 0.29) is 45.3 Å². The van der Waals surface area contributed by atoms with E-state index >= 15 is 0 Å². The Kier molecular flexibility index (Phi) is 3.28. The van der Waals surface area contributed by atoms with Gasteiger partial charge >= 0.3 is 0 Å². The van der Waals surface area contributed by atoms with E-state index < -0.39 is 11.6 Å². The monoisotopic (exact) mass is 330 g/mol. The molecule has 0 saturated heterocycles. The molecular weight excluding hydrogens is 320 g/mol. The lowest BCUT2D eigenvalue weighted by molar-refractivity contribution is 0.0860. The van der Waals surface area contributed by atoms with Gasteiger partial charge in [0.15, 0.2) is 23.1 Å². The number of hydrogen-bond acceptors (Lipinski definition) is 5. The fourth-order valence-electron chi connectivity index (χ4n) is 2.85.